The minimum Gasteiger partial charge on any atom is -0.396 e. The van der Waals surface area contributed by atoms with Crippen LogP contribution in [0.15, 0.2) is 12.3 Å². The van der Waals surface area contributed by atoms with E-state index in [9.17, 15) is 13.2 Å². The van der Waals surface area contributed by atoms with Crippen LogP contribution in [0.2, 0.25) is 0 Å². The quantitative estimate of drug-likeness (QED) is 0.874. The monoisotopic (exact) mass is 290 g/mol. The number of hydrogen-bond donors (Lipinski definition) is 1. The highest BCUT2D eigenvalue weighted by Gasteiger charge is 2.33. The molecular formula is C13H21F3N4. The fraction of sp³-hybridized carbons (Fsp3) is 0.615. The summed E-state index contributed by atoms with van der Waals surface area (Å²) in [5.74, 6) is 0. The molecule has 0 fully saturated rings. The molecule has 4 nitrogen and oxygen atoms in total. The van der Waals surface area contributed by atoms with Crippen molar-refractivity contribution in [3.05, 3.63) is 18.0 Å². The Labute approximate surface area is 117 Å². The van der Waals surface area contributed by atoms with Crippen molar-refractivity contribution in [1.82, 2.24) is 9.88 Å². The third-order valence-electron chi connectivity index (χ3n) is 2.96. The summed E-state index contributed by atoms with van der Waals surface area (Å²) in [6.45, 7) is 4.01. The van der Waals surface area contributed by atoms with Crippen LogP contribution in [-0.2, 0) is 6.18 Å². The van der Waals surface area contributed by atoms with E-state index in [0.717, 1.165) is 25.2 Å². The van der Waals surface area contributed by atoms with Crippen LogP contribution in [-0.4, -0.2) is 43.6 Å². The van der Waals surface area contributed by atoms with Crippen LogP contribution in [0.4, 0.5) is 24.5 Å². The lowest BCUT2D eigenvalue weighted by atomic mass is 10.2. The van der Waals surface area contributed by atoms with Gasteiger partial charge >= 0.3 is 6.18 Å². The minimum atomic E-state index is -4.45. The van der Waals surface area contributed by atoms with Crippen molar-refractivity contribution in [2.75, 3.05) is 44.4 Å². The van der Waals surface area contributed by atoms with Gasteiger partial charge in [0.05, 0.1) is 17.6 Å². The predicted octanol–water partition coefficient (Wildman–Crippen LogP) is 2.46. The summed E-state index contributed by atoms with van der Waals surface area (Å²) in [6, 6.07) is 1.02. The molecular weight excluding hydrogens is 269 g/mol. The number of nitrogens with two attached hydrogens (primary N) is 1. The van der Waals surface area contributed by atoms with Gasteiger partial charge in [0.1, 0.15) is 5.69 Å². The third-order valence-corrected chi connectivity index (χ3v) is 2.96. The van der Waals surface area contributed by atoms with Crippen LogP contribution in [0.1, 0.15) is 19.0 Å². The summed E-state index contributed by atoms with van der Waals surface area (Å²) in [5, 5.41) is 0. The summed E-state index contributed by atoms with van der Waals surface area (Å²) < 4.78 is 38.1. The molecule has 0 spiro atoms. The van der Waals surface area contributed by atoms with Crippen molar-refractivity contribution < 1.29 is 13.2 Å². The molecule has 2 N–H and O–H groups in total. The normalized spacial score (nSPS) is 11.9. The Morgan fingerprint density at radius 1 is 1.25 bits per heavy atom. The largest absolute Gasteiger partial charge is 0.433 e. The van der Waals surface area contributed by atoms with Crippen molar-refractivity contribution >= 4 is 11.4 Å². The van der Waals surface area contributed by atoms with Crippen molar-refractivity contribution in [1.29, 1.82) is 0 Å². The lowest BCUT2D eigenvalue weighted by Gasteiger charge is -2.25. The molecule has 0 saturated heterocycles. The zero-order chi connectivity index (χ0) is 15.3. The van der Waals surface area contributed by atoms with E-state index in [1.54, 1.807) is 0 Å². The van der Waals surface area contributed by atoms with Gasteiger partial charge in [0.15, 0.2) is 0 Å². The van der Waals surface area contributed by atoms with Crippen LogP contribution < -0.4 is 10.6 Å². The number of anilines is 2. The second kappa shape index (κ2) is 6.78. The van der Waals surface area contributed by atoms with E-state index in [-0.39, 0.29) is 5.69 Å². The average Bonchev–Trinajstić information content (AvgIpc) is 2.34. The van der Waals surface area contributed by atoms with Crippen molar-refractivity contribution in [3.63, 3.8) is 0 Å². The molecule has 0 unspecified atom stereocenters. The number of pyridine rings is 1. The molecule has 20 heavy (non-hydrogen) atoms. The highest BCUT2D eigenvalue weighted by molar-refractivity contribution is 5.67. The number of alkyl halides is 3. The molecule has 0 bridgehead atoms. The van der Waals surface area contributed by atoms with Crippen LogP contribution in [0.3, 0.4) is 0 Å². The van der Waals surface area contributed by atoms with E-state index >= 15 is 0 Å². The zero-order valence-electron chi connectivity index (χ0n) is 12.0. The summed E-state index contributed by atoms with van der Waals surface area (Å²) in [5.41, 5.74) is 5.51. The molecule has 1 heterocycles. The standard InChI is InChI=1S/C13H21F3N4/c1-4-20(7-5-6-19(2)3)11-8-12(13(14,15)16)18-9-10(11)17/h8-9H,4-7,17H2,1-3H3. The average molecular weight is 290 g/mol. The van der Waals surface area contributed by atoms with Gasteiger partial charge in [-0.25, -0.2) is 4.98 Å². The first-order valence-electron chi connectivity index (χ1n) is 6.48. The van der Waals surface area contributed by atoms with Crippen molar-refractivity contribution in [2.24, 2.45) is 0 Å². The van der Waals surface area contributed by atoms with Gasteiger partial charge in [-0.1, -0.05) is 0 Å². The van der Waals surface area contributed by atoms with Gasteiger partial charge in [-0.3, -0.25) is 0 Å². The number of rotatable bonds is 6. The van der Waals surface area contributed by atoms with E-state index in [0.29, 0.717) is 18.8 Å². The number of halogens is 3. The van der Waals surface area contributed by atoms with Gasteiger partial charge in [-0.2, -0.15) is 13.2 Å². The fourth-order valence-corrected chi connectivity index (χ4v) is 1.91. The van der Waals surface area contributed by atoms with E-state index in [4.69, 9.17) is 5.73 Å². The van der Waals surface area contributed by atoms with Crippen molar-refractivity contribution in [3.8, 4) is 0 Å². The Hall–Kier alpha value is -1.50. The molecule has 0 aromatic carbocycles. The number of nitrogen functional groups attached to an aromatic ring is 1. The lowest BCUT2D eigenvalue weighted by Crippen LogP contribution is -2.28. The van der Waals surface area contributed by atoms with Gasteiger partial charge in [0, 0.05) is 13.1 Å². The third kappa shape index (κ3) is 4.56. The molecule has 1 aromatic rings. The molecule has 7 heteroatoms. The molecule has 0 aliphatic heterocycles. The Kier molecular flexibility index (Phi) is 5.62. The lowest BCUT2D eigenvalue weighted by molar-refractivity contribution is -0.141. The smallest absolute Gasteiger partial charge is 0.396 e. The highest BCUT2D eigenvalue weighted by Crippen LogP contribution is 2.32. The molecule has 0 aliphatic rings. The van der Waals surface area contributed by atoms with E-state index < -0.39 is 11.9 Å². The maximum absolute atomic E-state index is 12.7. The maximum Gasteiger partial charge on any atom is 0.433 e. The Morgan fingerprint density at radius 2 is 1.90 bits per heavy atom. The van der Waals surface area contributed by atoms with Gasteiger partial charge < -0.3 is 15.5 Å². The van der Waals surface area contributed by atoms with Crippen LogP contribution >= 0.6 is 0 Å². The van der Waals surface area contributed by atoms with Gasteiger partial charge in [0.2, 0.25) is 0 Å². The van der Waals surface area contributed by atoms with Crippen LogP contribution in [0.5, 0.6) is 0 Å². The molecule has 114 valence electrons. The highest BCUT2D eigenvalue weighted by atomic mass is 19.4. The minimum absolute atomic E-state index is 0.268. The molecule has 0 atom stereocenters. The maximum atomic E-state index is 12.7. The van der Waals surface area contributed by atoms with Gasteiger partial charge in [-0.05, 0) is 40.1 Å². The fourth-order valence-electron chi connectivity index (χ4n) is 1.91. The summed E-state index contributed by atoms with van der Waals surface area (Å²) in [6.07, 6.45) is -2.53. The SMILES string of the molecule is CCN(CCCN(C)C)c1cc(C(F)(F)F)ncc1N. The molecule has 0 aliphatic carbocycles. The number of hydrogen-bond acceptors (Lipinski definition) is 4. The molecule has 1 rings (SSSR count). The Bertz CT molecular complexity index is 432. The molecule has 0 radical (unpaired) electrons. The topological polar surface area (TPSA) is 45.4 Å². The predicted molar refractivity (Wildman–Crippen MR) is 74.7 cm³/mol. The summed E-state index contributed by atoms with van der Waals surface area (Å²) in [4.78, 5) is 7.23. The van der Waals surface area contributed by atoms with E-state index in [1.165, 1.54) is 0 Å². The van der Waals surface area contributed by atoms with Gasteiger partial charge in [-0.15, -0.1) is 0 Å². The van der Waals surface area contributed by atoms with Crippen LogP contribution in [0.25, 0.3) is 0 Å². The zero-order valence-corrected chi connectivity index (χ0v) is 12.0. The second-order valence-corrected chi connectivity index (χ2v) is 4.86. The first kappa shape index (κ1) is 16.6. The van der Waals surface area contributed by atoms with E-state index in [1.807, 2.05) is 30.8 Å². The summed E-state index contributed by atoms with van der Waals surface area (Å²) >= 11 is 0. The summed E-state index contributed by atoms with van der Waals surface area (Å²) in [7, 11) is 3.91. The van der Waals surface area contributed by atoms with E-state index in [2.05, 4.69) is 4.98 Å². The Morgan fingerprint density at radius 3 is 2.40 bits per heavy atom. The van der Waals surface area contributed by atoms with Crippen LogP contribution in [0, 0.1) is 0 Å². The first-order valence-corrected chi connectivity index (χ1v) is 6.48. The molecule has 0 saturated carbocycles. The number of nitrogens with zero attached hydrogens (tertiary/aromatic N) is 3. The Balaban J connectivity index is 2.91. The number of aromatic nitrogens is 1. The molecule has 0 amide bonds. The first-order chi connectivity index (χ1) is 9.25. The van der Waals surface area contributed by atoms with Gasteiger partial charge in [0.25, 0.3) is 0 Å². The van der Waals surface area contributed by atoms with Crippen molar-refractivity contribution in [2.45, 2.75) is 19.5 Å². The second-order valence-electron chi connectivity index (χ2n) is 4.86. The molecule has 1 aromatic heterocycles.